The van der Waals surface area contributed by atoms with Crippen LogP contribution >= 0.6 is 0 Å². The molecule has 1 spiro atoms. The van der Waals surface area contributed by atoms with E-state index in [1.165, 1.54) is 87.4 Å². The first kappa shape index (κ1) is 37.6. The maximum absolute atomic E-state index is 2.67. The summed E-state index contributed by atoms with van der Waals surface area (Å²) >= 11 is 0. The Kier molecular flexibility index (Phi) is 8.70. The Bertz CT molecular complexity index is 3080. The lowest BCUT2D eigenvalue weighted by Gasteiger charge is -2.65. The van der Waals surface area contributed by atoms with Crippen molar-refractivity contribution in [2.24, 2.45) is 23.7 Å². The lowest BCUT2D eigenvalue weighted by atomic mass is 9.38. The van der Waals surface area contributed by atoms with Gasteiger partial charge in [0.2, 0.25) is 0 Å². The van der Waals surface area contributed by atoms with Gasteiger partial charge in [0.15, 0.2) is 0 Å². The van der Waals surface area contributed by atoms with Crippen molar-refractivity contribution in [2.45, 2.75) is 42.9 Å². The maximum atomic E-state index is 2.67. The first-order valence-electron chi connectivity index (χ1n) is 23.6. The second kappa shape index (κ2) is 14.8. The van der Waals surface area contributed by atoms with Crippen LogP contribution < -0.4 is 4.90 Å². The summed E-state index contributed by atoms with van der Waals surface area (Å²) in [5.74, 6) is 3.04. The number of nitrogens with zero attached hydrogens (tertiary/aromatic N) is 1. The van der Waals surface area contributed by atoms with Gasteiger partial charge in [-0.2, -0.15) is 0 Å². The fraction of sp³-hybridized carbons (Fsp3) is 0.175. The Morgan fingerprint density at radius 3 is 1.38 bits per heavy atom. The predicted octanol–water partition coefficient (Wildman–Crippen LogP) is 16.1. The van der Waals surface area contributed by atoms with Crippen LogP contribution in [-0.2, 0) is 10.8 Å². The quantitative estimate of drug-likeness (QED) is 0.155. The molecular formula is C63H51N. The van der Waals surface area contributed by atoms with Gasteiger partial charge in [-0.3, -0.25) is 0 Å². The normalized spacial score (nSPS) is 22.2. The first-order valence-corrected chi connectivity index (χ1v) is 23.6. The van der Waals surface area contributed by atoms with E-state index < -0.39 is 5.41 Å². The second-order valence-corrected chi connectivity index (χ2v) is 19.3. The molecule has 0 heterocycles. The molecule has 4 fully saturated rings. The molecule has 0 aliphatic heterocycles. The van der Waals surface area contributed by atoms with Crippen molar-refractivity contribution in [3.63, 3.8) is 0 Å². The van der Waals surface area contributed by atoms with E-state index in [-0.39, 0.29) is 5.41 Å². The van der Waals surface area contributed by atoms with E-state index in [1.54, 1.807) is 11.1 Å². The smallest absolute Gasteiger partial charge is 0.0707 e. The number of benzene rings is 9. The third-order valence-electron chi connectivity index (χ3n) is 16.2. The van der Waals surface area contributed by atoms with Crippen molar-refractivity contribution in [1.82, 2.24) is 0 Å². The molecule has 5 aliphatic rings. The van der Waals surface area contributed by atoms with Crippen LogP contribution in [-0.4, -0.2) is 0 Å². The number of anilines is 3. The number of hydrogen-bond acceptors (Lipinski definition) is 1. The van der Waals surface area contributed by atoms with Gasteiger partial charge >= 0.3 is 0 Å². The summed E-state index contributed by atoms with van der Waals surface area (Å²) < 4.78 is 0. The molecule has 64 heavy (non-hydrogen) atoms. The Hall–Kier alpha value is -6.96. The molecule has 14 rings (SSSR count). The zero-order chi connectivity index (χ0) is 42.2. The number of fused-ring (bicyclic) bond motifs is 3. The topological polar surface area (TPSA) is 3.24 Å². The Labute approximate surface area is 377 Å². The highest BCUT2D eigenvalue weighted by Gasteiger charge is 2.63. The van der Waals surface area contributed by atoms with Crippen molar-refractivity contribution in [2.75, 3.05) is 4.90 Å². The van der Waals surface area contributed by atoms with Gasteiger partial charge in [-0.15, -0.1) is 0 Å². The summed E-state index contributed by atoms with van der Waals surface area (Å²) in [6, 6.07) is 84.8. The van der Waals surface area contributed by atoms with E-state index in [0.717, 1.165) is 28.9 Å². The lowest BCUT2D eigenvalue weighted by molar-refractivity contribution is -0.0440. The Balaban J connectivity index is 0.982. The summed E-state index contributed by atoms with van der Waals surface area (Å²) in [7, 11) is 0. The molecule has 0 saturated heterocycles. The molecule has 0 radical (unpaired) electrons. The molecule has 0 atom stereocenters. The molecule has 0 amide bonds. The van der Waals surface area contributed by atoms with Gasteiger partial charge < -0.3 is 4.90 Å². The maximum Gasteiger partial charge on any atom is 0.0707 e. The highest BCUT2D eigenvalue weighted by atomic mass is 15.1. The lowest BCUT2D eigenvalue weighted by Crippen LogP contribution is -2.59. The first-order chi connectivity index (χ1) is 31.7. The number of hydrogen-bond donors (Lipinski definition) is 0. The van der Waals surface area contributed by atoms with Gasteiger partial charge in [0.25, 0.3) is 0 Å². The molecule has 308 valence electrons. The minimum atomic E-state index is -0.437. The average molecular weight is 822 g/mol. The monoisotopic (exact) mass is 821 g/mol. The fourth-order valence-electron chi connectivity index (χ4n) is 13.8. The summed E-state index contributed by atoms with van der Waals surface area (Å²) in [4.78, 5) is 2.41. The van der Waals surface area contributed by atoms with Crippen molar-refractivity contribution in [3.8, 4) is 22.3 Å². The highest BCUT2D eigenvalue weighted by Crippen LogP contribution is 2.70. The van der Waals surface area contributed by atoms with E-state index in [0.29, 0.717) is 11.8 Å². The van der Waals surface area contributed by atoms with Crippen LogP contribution in [0.25, 0.3) is 33.0 Å². The standard InChI is InChI=1S/C63H51N/c1-4-14-45(15-5-1)47-24-30-55(31-25-47)64(57-34-28-46-16-10-11-17-49(46)41-57)56-32-26-48(27-33-56)50-29-35-60-61(42-50)63(53-37-43-36-44(39-53)40-54(63)38-43)59-23-13-12-22-58(59)62(60,51-18-6-2-7-19-51)52-20-8-3-9-21-52/h1-35,41-44,53-54H,36-40H2. The minimum absolute atomic E-state index is 0.0127. The molecule has 0 aromatic heterocycles. The molecule has 5 aliphatic carbocycles. The van der Waals surface area contributed by atoms with Crippen molar-refractivity contribution < 1.29 is 0 Å². The summed E-state index contributed by atoms with van der Waals surface area (Å²) in [5, 5.41) is 2.48. The molecule has 0 unspecified atom stereocenters. The van der Waals surface area contributed by atoms with Gasteiger partial charge in [-0.25, -0.2) is 0 Å². The van der Waals surface area contributed by atoms with Crippen LogP contribution in [0.2, 0.25) is 0 Å². The molecule has 0 N–H and O–H groups in total. The molecule has 4 bridgehead atoms. The van der Waals surface area contributed by atoms with Gasteiger partial charge in [0, 0.05) is 22.5 Å². The van der Waals surface area contributed by atoms with Crippen LogP contribution in [0.4, 0.5) is 17.1 Å². The molecule has 1 nitrogen and oxygen atoms in total. The van der Waals surface area contributed by atoms with Crippen LogP contribution in [0.5, 0.6) is 0 Å². The molecule has 4 saturated carbocycles. The van der Waals surface area contributed by atoms with Gasteiger partial charge in [-0.05, 0) is 165 Å². The zero-order valence-electron chi connectivity index (χ0n) is 36.2. The van der Waals surface area contributed by atoms with Crippen molar-refractivity contribution in [3.05, 3.63) is 258 Å². The van der Waals surface area contributed by atoms with Gasteiger partial charge in [0.05, 0.1) is 5.41 Å². The SMILES string of the molecule is c1ccc(-c2ccc(N(c3ccc(-c4ccc5c(c4)C4(c6ccccc6C5(c5ccccc5)c5ccccc5)C5CC6CC(C5)CC4C6)cc3)c3ccc4ccccc4c3)cc2)cc1. The molecular weight excluding hydrogens is 771 g/mol. The van der Waals surface area contributed by atoms with E-state index in [2.05, 4.69) is 229 Å². The van der Waals surface area contributed by atoms with E-state index in [1.807, 2.05) is 0 Å². The fourth-order valence-corrected chi connectivity index (χ4v) is 13.8. The van der Waals surface area contributed by atoms with Crippen LogP contribution in [0.3, 0.4) is 0 Å². The Morgan fingerprint density at radius 1 is 0.312 bits per heavy atom. The highest BCUT2D eigenvalue weighted by molar-refractivity contribution is 5.90. The van der Waals surface area contributed by atoms with Crippen LogP contribution in [0.1, 0.15) is 65.5 Å². The summed E-state index contributed by atoms with van der Waals surface area (Å²) in [6.45, 7) is 0. The van der Waals surface area contributed by atoms with E-state index in [9.17, 15) is 0 Å². The minimum Gasteiger partial charge on any atom is -0.310 e. The van der Waals surface area contributed by atoms with Crippen LogP contribution in [0, 0.1) is 23.7 Å². The van der Waals surface area contributed by atoms with Gasteiger partial charge in [-0.1, -0.05) is 182 Å². The Morgan fingerprint density at radius 2 is 0.766 bits per heavy atom. The molecule has 9 aromatic carbocycles. The van der Waals surface area contributed by atoms with Crippen LogP contribution in [0.15, 0.2) is 224 Å². The summed E-state index contributed by atoms with van der Waals surface area (Å²) in [6.07, 6.45) is 6.83. The van der Waals surface area contributed by atoms with Crippen molar-refractivity contribution >= 4 is 27.8 Å². The van der Waals surface area contributed by atoms with Crippen molar-refractivity contribution in [1.29, 1.82) is 0 Å². The van der Waals surface area contributed by atoms with E-state index >= 15 is 0 Å². The molecule has 9 aromatic rings. The van der Waals surface area contributed by atoms with E-state index in [4.69, 9.17) is 0 Å². The second-order valence-electron chi connectivity index (χ2n) is 19.3. The third-order valence-corrected chi connectivity index (χ3v) is 16.2. The number of rotatable bonds is 7. The van der Waals surface area contributed by atoms with Gasteiger partial charge in [0.1, 0.15) is 0 Å². The predicted molar refractivity (Wildman–Crippen MR) is 266 cm³/mol. The zero-order valence-corrected chi connectivity index (χ0v) is 36.2. The third kappa shape index (κ3) is 5.63. The summed E-state index contributed by atoms with van der Waals surface area (Å²) in [5.41, 5.74) is 16.8. The average Bonchev–Trinajstić information content (AvgIpc) is 3.36. The largest absolute Gasteiger partial charge is 0.310 e. The molecule has 1 heteroatoms.